The third-order valence-electron chi connectivity index (χ3n) is 2.83. The van der Waals surface area contributed by atoms with Gasteiger partial charge in [-0.05, 0) is 24.7 Å². The predicted molar refractivity (Wildman–Crippen MR) is 48.2 cm³/mol. The normalized spacial score (nSPS) is 24.3. The maximum absolute atomic E-state index is 8.76. The zero-order chi connectivity index (χ0) is 8.32. The highest BCUT2D eigenvalue weighted by Gasteiger charge is 2.39. The van der Waals surface area contributed by atoms with Crippen LogP contribution in [0.25, 0.3) is 0 Å². The Morgan fingerprint density at radius 3 is 2.55 bits per heavy atom. The largest absolute Gasteiger partial charge is 0.396 e. The quantitative estimate of drug-likeness (QED) is 0.661. The van der Waals surface area contributed by atoms with Crippen molar-refractivity contribution < 1.29 is 9.63 Å². The summed E-state index contributed by atoms with van der Waals surface area (Å²) in [4.78, 5) is 0. The molecular weight excluding hydrogens is 159 g/mol. The number of hydrogen-bond acceptors (Lipinski definition) is 2. The summed E-state index contributed by atoms with van der Waals surface area (Å²) in [7, 11) is 2.31. The van der Waals surface area contributed by atoms with Crippen molar-refractivity contribution in [1.82, 2.24) is 0 Å². The minimum absolute atomic E-state index is 0.228. The molecule has 2 nitrogen and oxygen atoms in total. The van der Waals surface area contributed by atoms with E-state index in [9.17, 15) is 0 Å². The van der Waals surface area contributed by atoms with Crippen LogP contribution < -0.4 is 0 Å². The second kappa shape index (κ2) is 3.84. The third kappa shape index (κ3) is 1.93. The Labute approximate surface area is 70.6 Å². The van der Waals surface area contributed by atoms with Crippen molar-refractivity contribution >= 4 is 9.47 Å². The zero-order valence-corrected chi connectivity index (χ0v) is 8.20. The van der Waals surface area contributed by atoms with Gasteiger partial charge >= 0.3 is 0 Å². The molecule has 0 spiro atoms. The van der Waals surface area contributed by atoms with Gasteiger partial charge in [-0.2, -0.15) is 0 Å². The lowest BCUT2D eigenvalue weighted by Crippen LogP contribution is -2.39. The van der Waals surface area contributed by atoms with Crippen molar-refractivity contribution in [3.8, 4) is 0 Å². The van der Waals surface area contributed by atoms with E-state index < -0.39 is 0 Å². The lowest BCUT2D eigenvalue weighted by Gasteiger charge is -2.43. The lowest BCUT2D eigenvalue weighted by molar-refractivity contribution is -0.00514. The van der Waals surface area contributed by atoms with Gasteiger partial charge in [-0.3, -0.25) is 0 Å². The van der Waals surface area contributed by atoms with E-state index in [4.69, 9.17) is 9.63 Å². The van der Waals surface area contributed by atoms with Crippen molar-refractivity contribution in [2.24, 2.45) is 5.41 Å². The molecule has 0 aromatic rings. The first-order valence-electron chi connectivity index (χ1n) is 4.19. The van der Waals surface area contributed by atoms with Gasteiger partial charge in [-0.15, -0.1) is 0 Å². The van der Waals surface area contributed by atoms with Crippen LogP contribution in [0.5, 0.6) is 0 Å². The van der Waals surface area contributed by atoms with Crippen molar-refractivity contribution in [1.29, 1.82) is 0 Å². The predicted octanol–water partition coefficient (Wildman–Crippen LogP) is 1.73. The van der Waals surface area contributed by atoms with Crippen LogP contribution >= 0.6 is 9.47 Å². The van der Waals surface area contributed by atoms with E-state index in [0.717, 1.165) is 6.42 Å². The maximum atomic E-state index is 8.76. The topological polar surface area (TPSA) is 29.5 Å². The van der Waals surface area contributed by atoms with E-state index in [1.54, 1.807) is 0 Å². The fourth-order valence-corrected chi connectivity index (χ4v) is 2.22. The fourth-order valence-electron chi connectivity index (χ4n) is 1.75. The number of aliphatic hydroxyl groups excluding tert-OH is 1. The van der Waals surface area contributed by atoms with E-state index in [-0.39, 0.29) is 12.7 Å². The summed E-state index contributed by atoms with van der Waals surface area (Å²) in [6.07, 6.45) is 4.79. The molecule has 0 aromatic carbocycles. The standard InChI is InChI=1S/C8H17O2P/c1-8(4-2-5-8)7(10-11)3-6-9/h7,9H,2-6,11H2,1H3. The smallest absolute Gasteiger partial charge is 0.0686 e. The molecule has 1 N–H and O–H groups in total. The van der Waals surface area contributed by atoms with Crippen molar-refractivity contribution in [2.75, 3.05) is 6.61 Å². The van der Waals surface area contributed by atoms with Crippen LogP contribution in [0.2, 0.25) is 0 Å². The average molecular weight is 176 g/mol. The molecule has 0 amide bonds. The Hall–Kier alpha value is 0.350. The third-order valence-corrected chi connectivity index (χ3v) is 3.16. The number of rotatable bonds is 4. The summed E-state index contributed by atoms with van der Waals surface area (Å²) < 4.78 is 5.25. The molecular formula is C8H17O2P. The Kier molecular flexibility index (Phi) is 3.29. The van der Waals surface area contributed by atoms with Gasteiger partial charge in [0.2, 0.25) is 0 Å². The van der Waals surface area contributed by atoms with Gasteiger partial charge in [0.1, 0.15) is 0 Å². The van der Waals surface area contributed by atoms with E-state index in [1.807, 2.05) is 0 Å². The van der Waals surface area contributed by atoms with E-state index in [1.165, 1.54) is 19.3 Å². The second-order valence-corrected chi connectivity index (χ2v) is 3.92. The van der Waals surface area contributed by atoms with Crippen molar-refractivity contribution in [2.45, 2.75) is 38.7 Å². The Morgan fingerprint density at radius 2 is 2.27 bits per heavy atom. The van der Waals surface area contributed by atoms with Crippen LogP contribution in [0.1, 0.15) is 32.6 Å². The minimum Gasteiger partial charge on any atom is -0.396 e. The van der Waals surface area contributed by atoms with Gasteiger partial charge in [-0.1, -0.05) is 13.3 Å². The fraction of sp³-hybridized carbons (Fsp3) is 1.00. The van der Waals surface area contributed by atoms with E-state index in [2.05, 4.69) is 16.4 Å². The van der Waals surface area contributed by atoms with Gasteiger partial charge in [0.05, 0.1) is 6.10 Å². The summed E-state index contributed by atoms with van der Waals surface area (Å²) >= 11 is 0. The number of hydrogen-bond donors (Lipinski definition) is 1. The monoisotopic (exact) mass is 176 g/mol. The Bertz CT molecular complexity index is 123. The van der Waals surface area contributed by atoms with E-state index >= 15 is 0 Å². The summed E-state index contributed by atoms with van der Waals surface area (Å²) in [5, 5.41) is 8.76. The summed E-state index contributed by atoms with van der Waals surface area (Å²) in [6.45, 7) is 2.47. The van der Waals surface area contributed by atoms with Crippen LogP contribution in [0.3, 0.4) is 0 Å². The Morgan fingerprint density at radius 1 is 1.64 bits per heavy atom. The first-order valence-corrected chi connectivity index (χ1v) is 4.66. The molecule has 2 atom stereocenters. The van der Waals surface area contributed by atoms with Crippen molar-refractivity contribution in [3.05, 3.63) is 0 Å². The van der Waals surface area contributed by atoms with Gasteiger partial charge < -0.3 is 9.63 Å². The molecule has 1 aliphatic rings. The highest BCUT2D eigenvalue weighted by atomic mass is 31.0. The zero-order valence-electron chi connectivity index (χ0n) is 7.05. The average Bonchev–Trinajstić information content (AvgIpc) is 1.96. The molecule has 0 aromatic heterocycles. The van der Waals surface area contributed by atoms with Gasteiger partial charge in [0.15, 0.2) is 0 Å². The summed E-state index contributed by atoms with van der Waals surface area (Å²) in [6, 6.07) is 0. The SMILES string of the molecule is CC1(C(CCO)OP)CCC1. The molecule has 0 saturated heterocycles. The lowest BCUT2D eigenvalue weighted by atomic mass is 9.66. The first kappa shape index (κ1) is 9.44. The summed E-state index contributed by atoms with van der Waals surface area (Å²) in [5.74, 6) is 0. The highest BCUT2D eigenvalue weighted by molar-refractivity contribution is 7.09. The minimum atomic E-state index is 0.228. The molecule has 0 radical (unpaired) electrons. The van der Waals surface area contributed by atoms with Crippen LogP contribution in [0.4, 0.5) is 0 Å². The van der Waals surface area contributed by atoms with Crippen LogP contribution in [0.15, 0.2) is 0 Å². The molecule has 66 valence electrons. The molecule has 0 bridgehead atoms. The summed E-state index contributed by atoms with van der Waals surface area (Å²) in [5.41, 5.74) is 0.338. The second-order valence-electron chi connectivity index (χ2n) is 3.64. The number of aliphatic hydroxyl groups is 1. The van der Waals surface area contributed by atoms with E-state index in [0.29, 0.717) is 5.41 Å². The van der Waals surface area contributed by atoms with Gasteiger partial charge in [-0.25, -0.2) is 0 Å². The molecule has 1 fully saturated rings. The molecule has 1 saturated carbocycles. The van der Waals surface area contributed by atoms with Gasteiger partial charge in [0, 0.05) is 16.1 Å². The van der Waals surface area contributed by atoms with Crippen LogP contribution in [0, 0.1) is 5.41 Å². The Balaban J connectivity index is 2.39. The van der Waals surface area contributed by atoms with Crippen molar-refractivity contribution in [3.63, 3.8) is 0 Å². The molecule has 11 heavy (non-hydrogen) atoms. The molecule has 0 aliphatic heterocycles. The molecule has 1 rings (SSSR count). The van der Waals surface area contributed by atoms with Gasteiger partial charge in [0.25, 0.3) is 0 Å². The molecule has 3 heteroatoms. The first-order chi connectivity index (χ1) is 5.23. The molecule has 1 aliphatic carbocycles. The molecule has 2 unspecified atom stereocenters. The highest BCUT2D eigenvalue weighted by Crippen LogP contribution is 2.46. The van der Waals surface area contributed by atoms with Crippen LogP contribution in [-0.4, -0.2) is 17.8 Å². The van der Waals surface area contributed by atoms with Crippen LogP contribution in [-0.2, 0) is 4.52 Å². The maximum Gasteiger partial charge on any atom is 0.0686 e. The molecule has 0 heterocycles.